The molecular weight excluding hydrogens is 553 g/mol. The van der Waals surface area contributed by atoms with Crippen LogP contribution in [-0.4, -0.2) is 11.9 Å². The quantitative estimate of drug-likeness (QED) is 0.338. The van der Waals surface area contributed by atoms with Crippen molar-refractivity contribution in [3.8, 4) is 5.75 Å². The van der Waals surface area contributed by atoms with E-state index in [1.807, 2.05) is 12.1 Å². The van der Waals surface area contributed by atoms with Gasteiger partial charge in [0.25, 0.3) is 5.91 Å². The molecule has 1 aliphatic rings. The molecule has 0 spiro atoms. The maximum Gasteiger partial charge on any atom is 0.326 e. The van der Waals surface area contributed by atoms with Gasteiger partial charge in [0.15, 0.2) is 0 Å². The van der Waals surface area contributed by atoms with E-state index in [2.05, 4.69) is 55.8 Å². The van der Waals surface area contributed by atoms with Gasteiger partial charge in [0.1, 0.15) is 23.9 Å². The number of amides is 3. The molecule has 0 atom stereocenters. The molecule has 1 aliphatic heterocycles. The van der Waals surface area contributed by atoms with Crippen LogP contribution in [0, 0.1) is 13.0 Å². The summed E-state index contributed by atoms with van der Waals surface area (Å²) < 4.78 is 20.7. The van der Waals surface area contributed by atoms with Crippen LogP contribution < -0.4 is 15.4 Å². The summed E-state index contributed by atoms with van der Waals surface area (Å²) in [7, 11) is 0. The molecule has 5 nitrogen and oxygen atoms in total. The molecule has 0 bridgehead atoms. The first-order valence-electron chi connectivity index (χ1n) is 7.12. The molecule has 128 valence electrons. The predicted octanol–water partition coefficient (Wildman–Crippen LogP) is 3.79. The molecule has 0 aliphatic carbocycles. The number of benzene rings is 2. The standard InChI is InChI=1S/C17H11FI2N2O3/c18-11-3-1-2-9(4-11)8-25-15-12(19)5-10(6-13(15)20)7-14-16(23)22-17(24)21-14/h1-7H,8H2,(H2,21,22,23,24)/b14-7+. The van der Waals surface area contributed by atoms with Gasteiger partial charge in [-0.25, -0.2) is 9.18 Å². The third-order valence-corrected chi connectivity index (χ3v) is 4.93. The Hall–Kier alpha value is -1.69. The molecule has 1 saturated heterocycles. The second-order valence-corrected chi connectivity index (χ2v) is 7.52. The molecule has 2 aromatic rings. The van der Waals surface area contributed by atoms with Crippen LogP contribution in [0.1, 0.15) is 11.1 Å². The highest BCUT2D eigenvalue weighted by atomic mass is 127. The molecule has 8 heteroatoms. The van der Waals surface area contributed by atoms with Gasteiger partial charge in [-0.3, -0.25) is 10.1 Å². The fourth-order valence-corrected chi connectivity index (χ4v) is 4.36. The van der Waals surface area contributed by atoms with Crippen molar-refractivity contribution in [1.29, 1.82) is 0 Å². The van der Waals surface area contributed by atoms with E-state index in [9.17, 15) is 14.0 Å². The number of ether oxygens (including phenoxy) is 1. The van der Waals surface area contributed by atoms with Crippen molar-refractivity contribution in [1.82, 2.24) is 10.6 Å². The second kappa shape index (κ2) is 7.68. The lowest BCUT2D eigenvalue weighted by Gasteiger charge is -2.12. The fraction of sp³-hybridized carbons (Fsp3) is 0.0588. The minimum atomic E-state index is -0.532. The number of rotatable bonds is 4. The van der Waals surface area contributed by atoms with E-state index >= 15 is 0 Å². The van der Waals surface area contributed by atoms with E-state index in [0.717, 1.165) is 18.3 Å². The minimum absolute atomic E-state index is 0.199. The summed E-state index contributed by atoms with van der Waals surface area (Å²) in [6.07, 6.45) is 1.60. The largest absolute Gasteiger partial charge is 0.487 e. The summed E-state index contributed by atoms with van der Waals surface area (Å²) in [5.41, 5.74) is 1.70. The predicted molar refractivity (Wildman–Crippen MR) is 107 cm³/mol. The molecular formula is C17H11FI2N2O3. The molecule has 3 amide bonds. The monoisotopic (exact) mass is 564 g/mol. The van der Waals surface area contributed by atoms with E-state index in [1.165, 1.54) is 12.1 Å². The molecule has 0 saturated carbocycles. The molecule has 1 heterocycles. The van der Waals surface area contributed by atoms with Crippen LogP contribution in [0.2, 0.25) is 0 Å². The van der Waals surface area contributed by atoms with Gasteiger partial charge in [0.2, 0.25) is 0 Å². The number of nitrogens with one attached hydrogen (secondary N) is 2. The summed E-state index contributed by atoms with van der Waals surface area (Å²) >= 11 is 4.27. The number of urea groups is 1. The highest BCUT2D eigenvalue weighted by molar-refractivity contribution is 14.1. The summed E-state index contributed by atoms with van der Waals surface area (Å²) in [6, 6.07) is 9.40. The summed E-state index contributed by atoms with van der Waals surface area (Å²) in [5.74, 6) is -0.0710. The highest BCUT2D eigenvalue weighted by Crippen LogP contribution is 2.30. The van der Waals surface area contributed by atoms with E-state index < -0.39 is 11.9 Å². The van der Waals surface area contributed by atoms with Crippen LogP contribution in [0.4, 0.5) is 9.18 Å². The van der Waals surface area contributed by atoms with Crippen molar-refractivity contribution in [2.75, 3.05) is 0 Å². The molecule has 3 rings (SSSR count). The van der Waals surface area contributed by atoms with E-state index in [-0.39, 0.29) is 18.1 Å². The van der Waals surface area contributed by atoms with Gasteiger partial charge in [0, 0.05) is 0 Å². The highest BCUT2D eigenvalue weighted by Gasteiger charge is 2.23. The molecule has 1 fully saturated rings. The second-order valence-electron chi connectivity index (χ2n) is 5.20. The molecule has 2 aromatic carbocycles. The Kier molecular flexibility index (Phi) is 5.57. The maximum atomic E-state index is 13.2. The Morgan fingerprint density at radius 1 is 1.08 bits per heavy atom. The van der Waals surface area contributed by atoms with E-state index in [0.29, 0.717) is 5.75 Å². The van der Waals surface area contributed by atoms with Crippen LogP contribution in [0.5, 0.6) is 5.75 Å². The zero-order valence-electron chi connectivity index (χ0n) is 12.6. The number of hydrogen-bond acceptors (Lipinski definition) is 3. The molecule has 25 heavy (non-hydrogen) atoms. The molecule has 0 aromatic heterocycles. The summed E-state index contributed by atoms with van der Waals surface area (Å²) in [6.45, 7) is 0.253. The van der Waals surface area contributed by atoms with Crippen molar-refractivity contribution in [3.63, 3.8) is 0 Å². The van der Waals surface area contributed by atoms with Crippen molar-refractivity contribution in [2.24, 2.45) is 0 Å². The first-order chi connectivity index (χ1) is 11.9. The number of halogens is 3. The average Bonchev–Trinajstić information content (AvgIpc) is 2.84. The lowest BCUT2D eigenvalue weighted by Crippen LogP contribution is -2.22. The lowest BCUT2D eigenvalue weighted by atomic mass is 10.2. The first-order valence-corrected chi connectivity index (χ1v) is 9.28. The van der Waals surface area contributed by atoms with E-state index in [4.69, 9.17) is 4.74 Å². The normalized spacial score (nSPS) is 15.2. The molecule has 0 radical (unpaired) electrons. The van der Waals surface area contributed by atoms with Gasteiger partial charge >= 0.3 is 6.03 Å². The number of carbonyl (C=O) groups is 2. The Morgan fingerprint density at radius 2 is 1.80 bits per heavy atom. The number of hydrogen-bond donors (Lipinski definition) is 2. The summed E-state index contributed by atoms with van der Waals surface area (Å²) in [5, 5.41) is 4.60. The number of imide groups is 1. The SMILES string of the molecule is O=C1NC(=O)/C(=C\c2cc(I)c(OCc3cccc(F)c3)c(I)c2)N1. The minimum Gasteiger partial charge on any atom is -0.487 e. The Labute approximate surface area is 170 Å². The average molecular weight is 564 g/mol. The number of carbonyl (C=O) groups excluding carboxylic acids is 2. The van der Waals surface area contributed by atoms with Crippen LogP contribution in [0.3, 0.4) is 0 Å². The lowest BCUT2D eigenvalue weighted by molar-refractivity contribution is -0.115. The Bertz CT molecular complexity index is 876. The van der Waals surface area contributed by atoms with Crippen LogP contribution in [0.25, 0.3) is 6.08 Å². The van der Waals surface area contributed by atoms with Gasteiger partial charge in [-0.1, -0.05) is 12.1 Å². The van der Waals surface area contributed by atoms with Gasteiger partial charge < -0.3 is 10.1 Å². The van der Waals surface area contributed by atoms with Crippen LogP contribution in [0.15, 0.2) is 42.1 Å². The van der Waals surface area contributed by atoms with Gasteiger partial charge in [-0.15, -0.1) is 0 Å². The van der Waals surface area contributed by atoms with Gasteiger partial charge in [-0.05, 0) is 86.7 Å². The third-order valence-electron chi connectivity index (χ3n) is 3.32. The maximum absolute atomic E-state index is 13.2. The van der Waals surface area contributed by atoms with Crippen molar-refractivity contribution in [3.05, 3.63) is 66.2 Å². The smallest absolute Gasteiger partial charge is 0.326 e. The van der Waals surface area contributed by atoms with Crippen LogP contribution in [-0.2, 0) is 11.4 Å². The molecule has 0 unspecified atom stereocenters. The first kappa shape index (κ1) is 18.1. The van der Waals surface area contributed by atoms with Gasteiger partial charge in [-0.2, -0.15) is 0 Å². The zero-order chi connectivity index (χ0) is 18.0. The van der Waals surface area contributed by atoms with Gasteiger partial charge in [0.05, 0.1) is 7.14 Å². The van der Waals surface area contributed by atoms with E-state index in [1.54, 1.807) is 18.2 Å². The Balaban J connectivity index is 1.80. The Morgan fingerprint density at radius 3 is 2.40 bits per heavy atom. The van der Waals surface area contributed by atoms with Crippen LogP contribution >= 0.6 is 45.2 Å². The third kappa shape index (κ3) is 4.48. The van der Waals surface area contributed by atoms with Crippen molar-refractivity contribution < 1.29 is 18.7 Å². The summed E-state index contributed by atoms with van der Waals surface area (Å²) in [4.78, 5) is 22.7. The van der Waals surface area contributed by atoms with Crippen molar-refractivity contribution in [2.45, 2.75) is 6.61 Å². The topological polar surface area (TPSA) is 67.4 Å². The molecule has 2 N–H and O–H groups in total. The zero-order valence-corrected chi connectivity index (χ0v) is 16.9. The fourth-order valence-electron chi connectivity index (χ4n) is 2.23. The van der Waals surface area contributed by atoms with Crippen molar-refractivity contribution >= 4 is 63.2 Å².